The van der Waals surface area contributed by atoms with Crippen LogP contribution in [0.4, 0.5) is 5.69 Å². The SMILES string of the molecule is CC(C)NCc1ccccc1N(C)CC1CCCCC1. The lowest BCUT2D eigenvalue weighted by Gasteiger charge is -2.30. The average Bonchev–Trinajstić information content (AvgIpc) is 2.46. The smallest absolute Gasteiger partial charge is 0.0409 e. The fourth-order valence-electron chi connectivity index (χ4n) is 3.20. The number of para-hydroxylation sites is 1. The molecule has 112 valence electrons. The monoisotopic (exact) mass is 274 g/mol. The molecule has 0 heterocycles. The molecule has 0 atom stereocenters. The van der Waals surface area contributed by atoms with Gasteiger partial charge in [0, 0.05) is 31.9 Å². The van der Waals surface area contributed by atoms with Crippen molar-refractivity contribution in [3.05, 3.63) is 29.8 Å². The fourth-order valence-corrected chi connectivity index (χ4v) is 3.20. The molecule has 1 aromatic carbocycles. The van der Waals surface area contributed by atoms with Crippen molar-refractivity contribution in [2.75, 3.05) is 18.5 Å². The van der Waals surface area contributed by atoms with Gasteiger partial charge in [0.2, 0.25) is 0 Å². The van der Waals surface area contributed by atoms with E-state index in [-0.39, 0.29) is 0 Å². The van der Waals surface area contributed by atoms with E-state index in [1.165, 1.54) is 49.9 Å². The van der Waals surface area contributed by atoms with Crippen LogP contribution in [0.15, 0.2) is 24.3 Å². The first-order chi connectivity index (χ1) is 9.66. The average molecular weight is 274 g/mol. The van der Waals surface area contributed by atoms with Gasteiger partial charge in [-0.1, -0.05) is 51.3 Å². The topological polar surface area (TPSA) is 15.3 Å². The van der Waals surface area contributed by atoms with Crippen molar-refractivity contribution in [1.82, 2.24) is 5.32 Å². The Labute approximate surface area is 124 Å². The second-order valence-corrected chi connectivity index (χ2v) is 6.55. The molecule has 1 aromatic rings. The summed E-state index contributed by atoms with van der Waals surface area (Å²) in [6, 6.07) is 9.36. The van der Waals surface area contributed by atoms with Crippen molar-refractivity contribution >= 4 is 5.69 Å². The van der Waals surface area contributed by atoms with E-state index in [9.17, 15) is 0 Å². The summed E-state index contributed by atoms with van der Waals surface area (Å²) in [4.78, 5) is 2.47. The molecule has 1 aliphatic rings. The highest BCUT2D eigenvalue weighted by atomic mass is 15.1. The third-order valence-electron chi connectivity index (χ3n) is 4.36. The number of benzene rings is 1. The molecule has 20 heavy (non-hydrogen) atoms. The van der Waals surface area contributed by atoms with Crippen LogP contribution in [0, 0.1) is 5.92 Å². The van der Waals surface area contributed by atoms with E-state index in [0.29, 0.717) is 6.04 Å². The Morgan fingerprint density at radius 1 is 1.15 bits per heavy atom. The normalized spacial score (nSPS) is 16.6. The minimum atomic E-state index is 0.534. The number of nitrogens with zero attached hydrogens (tertiary/aromatic N) is 1. The number of hydrogen-bond donors (Lipinski definition) is 1. The lowest BCUT2D eigenvalue weighted by atomic mass is 9.89. The first-order valence-corrected chi connectivity index (χ1v) is 8.19. The maximum atomic E-state index is 3.53. The van der Waals surface area contributed by atoms with Crippen LogP contribution in [0.5, 0.6) is 0 Å². The van der Waals surface area contributed by atoms with Gasteiger partial charge in [-0.05, 0) is 30.4 Å². The van der Waals surface area contributed by atoms with Gasteiger partial charge < -0.3 is 10.2 Å². The molecule has 2 nitrogen and oxygen atoms in total. The first-order valence-electron chi connectivity index (χ1n) is 8.19. The molecule has 0 bridgehead atoms. The maximum Gasteiger partial charge on any atom is 0.0409 e. The summed E-state index contributed by atoms with van der Waals surface area (Å²) >= 11 is 0. The molecule has 1 saturated carbocycles. The summed E-state index contributed by atoms with van der Waals surface area (Å²) in [6.07, 6.45) is 7.12. The van der Waals surface area contributed by atoms with Crippen LogP contribution in [-0.2, 0) is 6.54 Å². The van der Waals surface area contributed by atoms with Crippen molar-refractivity contribution in [2.45, 2.75) is 58.5 Å². The van der Waals surface area contributed by atoms with Crippen LogP contribution >= 0.6 is 0 Å². The zero-order chi connectivity index (χ0) is 14.4. The highest BCUT2D eigenvalue weighted by Crippen LogP contribution is 2.27. The standard InChI is InChI=1S/C18H30N2/c1-15(2)19-13-17-11-7-8-12-18(17)20(3)14-16-9-5-4-6-10-16/h7-8,11-12,15-16,19H,4-6,9-10,13-14H2,1-3H3. The van der Waals surface area contributed by atoms with Crippen molar-refractivity contribution in [3.8, 4) is 0 Å². The van der Waals surface area contributed by atoms with Gasteiger partial charge in [0.25, 0.3) is 0 Å². The summed E-state index contributed by atoms with van der Waals surface area (Å²) in [5.41, 5.74) is 2.81. The summed E-state index contributed by atoms with van der Waals surface area (Å²) in [6.45, 7) is 6.57. The molecular weight excluding hydrogens is 244 g/mol. The highest BCUT2D eigenvalue weighted by Gasteiger charge is 2.16. The molecule has 0 radical (unpaired) electrons. The first kappa shape index (κ1) is 15.4. The van der Waals surface area contributed by atoms with E-state index in [0.717, 1.165) is 12.5 Å². The van der Waals surface area contributed by atoms with E-state index < -0.39 is 0 Å². The predicted octanol–water partition coefficient (Wildman–Crippen LogP) is 4.20. The van der Waals surface area contributed by atoms with Crippen molar-refractivity contribution < 1.29 is 0 Å². The predicted molar refractivity (Wildman–Crippen MR) is 88.3 cm³/mol. The molecule has 0 aromatic heterocycles. The quantitative estimate of drug-likeness (QED) is 0.836. The molecule has 1 aliphatic carbocycles. The number of anilines is 1. The maximum absolute atomic E-state index is 3.53. The van der Waals surface area contributed by atoms with Crippen LogP contribution < -0.4 is 10.2 Å². The summed E-state index contributed by atoms with van der Waals surface area (Å²) in [5.74, 6) is 0.889. The zero-order valence-electron chi connectivity index (χ0n) is 13.4. The van der Waals surface area contributed by atoms with E-state index in [4.69, 9.17) is 0 Å². The fraction of sp³-hybridized carbons (Fsp3) is 0.667. The Balaban J connectivity index is 1.98. The van der Waals surface area contributed by atoms with Gasteiger partial charge in [-0.2, -0.15) is 0 Å². The van der Waals surface area contributed by atoms with Gasteiger partial charge in [-0.3, -0.25) is 0 Å². The molecule has 0 unspecified atom stereocenters. The Morgan fingerprint density at radius 3 is 2.55 bits per heavy atom. The Kier molecular flexibility index (Phi) is 5.90. The molecule has 0 saturated heterocycles. The minimum absolute atomic E-state index is 0.534. The lowest BCUT2D eigenvalue weighted by Crippen LogP contribution is -2.29. The third kappa shape index (κ3) is 4.52. The highest BCUT2D eigenvalue weighted by molar-refractivity contribution is 5.53. The van der Waals surface area contributed by atoms with E-state index in [1.807, 2.05) is 0 Å². The van der Waals surface area contributed by atoms with Gasteiger partial charge in [-0.15, -0.1) is 0 Å². The molecule has 1 N–H and O–H groups in total. The molecular formula is C18H30N2. The molecule has 0 spiro atoms. The van der Waals surface area contributed by atoms with E-state index >= 15 is 0 Å². The van der Waals surface area contributed by atoms with Crippen LogP contribution in [0.2, 0.25) is 0 Å². The van der Waals surface area contributed by atoms with Gasteiger partial charge in [0.1, 0.15) is 0 Å². The van der Waals surface area contributed by atoms with E-state index in [2.05, 4.69) is 55.4 Å². The summed E-state index contributed by atoms with van der Waals surface area (Å²) < 4.78 is 0. The van der Waals surface area contributed by atoms with E-state index in [1.54, 1.807) is 0 Å². The Bertz CT molecular complexity index is 394. The largest absolute Gasteiger partial charge is 0.374 e. The summed E-state index contributed by atoms with van der Waals surface area (Å²) in [5, 5.41) is 3.53. The van der Waals surface area contributed by atoms with Crippen LogP contribution in [0.1, 0.15) is 51.5 Å². The summed E-state index contributed by atoms with van der Waals surface area (Å²) in [7, 11) is 2.25. The minimum Gasteiger partial charge on any atom is -0.374 e. The number of nitrogens with one attached hydrogen (secondary N) is 1. The van der Waals surface area contributed by atoms with Crippen LogP contribution in [0.25, 0.3) is 0 Å². The van der Waals surface area contributed by atoms with Crippen molar-refractivity contribution in [2.24, 2.45) is 5.92 Å². The molecule has 0 amide bonds. The lowest BCUT2D eigenvalue weighted by molar-refractivity contribution is 0.362. The number of rotatable bonds is 6. The molecule has 0 aliphatic heterocycles. The third-order valence-corrected chi connectivity index (χ3v) is 4.36. The van der Waals surface area contributed by atoms with Crippen LogP contribution in [-0.4, -0.2) is 19.6 Å². The van der Waals surface area contributed by atoms with Crippen molar-refractivity contribution in [3.63, 3.8) is 0 Å². The Morgan fingerprint density at radius 2 is 1.85 bits per heavy atom. The van der Waals surface area contributed by atoms with Crippen LogP contribution in [0.3, 0.4) is 0 Å². The molecule has 2 heteroatoms. The van der Waals surface area contributed by atoms with Gasteiger partial charge in [0.15, 0.2) is 0 Å². The zero-order valence-corrected chi connectivity index (χ0v) is 13.4. The number of hydrogen-bond acceptors (Lipinski definition) is 2. The second kappa shape index (κ2) is 7.68. The van der Waals surface area contributed by atoms with Gasteiger partial charge >= 0.3 is 0 Å². The molecule has 2 rings (SSSR count). The Hall–Kier alpha value is -1.02. The second-order valence-electron chi connectivity index (χ2n) is 6.55. The van der Waals surface area contributed by atoms with Gasteiger partial charge in [0.05, 0.1) is 0 Å². The van der Waals surface area contributed by atoms with Gasteiger partial charge in [-0.25, -0.2) is 0 Å². The molecule has 1 fully saturated rings. The van der Waals surface area contributed by atoms with Crippen molar-refractivity contribution in [1.29, 1.82) is 0 Å².